The molecule has 15 bridgehead atoms. The SMILES string of the molecule is CC(=O)OC1CCC2(/C=C/c3ccc4ccc(nc4c3)[C@@H](C)NC(=O)[C@@H]3CCCN(N3)C(=O)[C@H](C)NC(=O)[C@H](C(C)C)OC2=O)CC1.CCC(=O)OC1CCC2(/C=C/c3ccc4ccc(nc4c3)[C@@H](C)NC(=O)[C@@H]3CCCN(N3)C(=O)[C@H](C)NC(=O)[C@H](C(C)C)OC2=O)CC1.CC[C@@]1(CO)/C=C/c2ccc3ccc(nc3c2)[C@@H](C)NC(=O)[C@@H]2CCCN(N2)C(=O)[C@H](C)NC(=O)[C@H](C(C)C)OC1=O. The van der Waals surface area contributed by atoms with Crippen molar-refractivity contribution in [3.05, 3.63) is 143 Å². The zero-order valence-corrected chi connectivity index (χ0v) is 81.0. The van der Waals surface area contributed by atoms with E-state index in [1.165, 1.54) is 22.0 Å². The molecule has 736 valence electrons. The summed E-state index contributed by atoms with van der Waals surface area (Å²) in [6.07, 6.45) is 13.8. The third kappa shape index (κ3) is 25.5. The molecule has 13 atom stereocenters. The molecule has 6 aliphatic heterocycles. The zero-order chi connectivity index (χ0) is 99.1. The Kier molecular flexibility index (Phi) is 34.5. The van der Waals surface area contributed by atoms with Gasteiger partial charge in [0.05, 0.1) is 69.2 Å². The van der Waals surface area contributed by atoms with Crippen molar-refractivity contribution in [2.45, 2.75) is 291 Å². The van der Waals surface area contributed by atoms with Gasteiger partial charge in [0.2, 0.25) is 17.7 Å². The topological polar surface area (TPSA) is 462 Å². The average Bonchev–Trinajstić information content (AvgIpc) is 1.13. The number of fused-ring (bicyclic) bond motifs is 12. The normalized spacial score (nSPS) is 29.6. The lowest BCUT2D eigenvalue weighted by molar-refractivity contribution is -0.170. The summed E-state index contributed by atoms with van der Waals surface area (Å²) in [4.78, 5) is 200. The third-order valence-electron chi connectivity index (χ3n) is 26.9. The number of carbonyl (C=O) groups excluding carboxylic acids is 14. The van der Waals surface area contributed by atoms with Crippen LogP contribution in [0.15, 0.2) is 109 Å². The molecular weight excluding hydrogens is 1760 g/mol. The lowest BCUT2D eigenvalue weighted by atomic mass is 9.72. The number of benzene rings is 3. The summed E-state index contributed by atoms with van der Waals surface area (Å²) in [7, 11) is 0. The highest BCUT2D eigenvalue weighted by Crippen LogP contribution is 2.44. The van der Waals surface area contributed by atoms with Crippen LogP contribution in [0.5, 0.6) is 0 Å². The largest absolute Gasteiger partial charge is 0.463 e. The van der Waals surface area contributed by atoms with Crippen LogP contribution < -0.4 is 48.2 Å². The number of carbonyl (C=O) groups is 14. The van der Waals surface area contributed by atoms with Crippen molar-refractivity contribution in [2.75, 3.05) is 26.2 Å². The van der Waals surface area contributed by atoms with Crippen LogP contribution in [-0.2, 0) is 90.8 Å². The van der Waals surface area contributed by atoms with E-state index in [-0.39, 0.29) is 66.5 Å². The monoisotopic (exact) mass is 1890 g/mol. The lowest BCUT2D eigenvalue weighted by Crippen LogP contribution is -2.61. The number of amides is 9. The van der Waals surface area contributed by atoms with Gasteiger partial charge < -0.3 is 60.7 Å². The molecule has 0 unspecified atom stereocenters. The Morgan fingerprint density at radius 1 is 0.409 bits per heavy atom. The van der Waals surface area contributed by atoms with Gasteiger partial charge in [0.15, 0.2) is 18.3 Å². The van der Waals surface area contributed by atoms with E-state index in [1.54, 1.807) is 88.3 Å². The second kappa shape index (κ2) is 45.7. The molecule has 8 aliphatic rings. The maximum Gasteiger partial charge on any atom is 0.319 e. The minimum atomic E-state index is -1.39. The van der Waals surface area contributed by atoms with Crippen LogP contribution in [0, 0.1) is 34.0 Å². The van der Waals surface area contributed by atoms with Crippen molar-refractivity contribution in [1.29, 1.82) is 0 Å². The van der Waals surface area contributed by atoms with Crippen LogP contribution >= 0.6 is 0 Å². The van der Waals surface area contributed by atoms with Crippen molar-refractivity contribution >= 4 is 134 Å². The zero-order valence-electron chi connectivity index (χ0n) is 81.0. The van der Waals surface area contributed by atoms with Crippen molar-refractivity contribution in [3.63, 3.8) is 0 Å². The first-order valence-corrected chi connectivity index (χ1v) is 48.2. The van der Waals surface area contributed by atoms with Crippen LogP contribution in [0.3, 0.4) is 0 Å². The van der Waals surface area contributed by atoms with Gasteiger partial charge in [-0.25, -0.2) is 16.3 Å². The predicted molar refractivity (Wildman–Crippen MR) is 510 cm³/mol. The number of hydrazine groups is 3. The van der Waals surface area contributed by atoms with Gasteiger partial charge in [0.1, 0.15) is 53.9 Å². The first kappa shape index (κ1) is 103. The highest BCUT2D eigenvalue weighted by Gasteiger charge is 2.48. The Balaban J connectivity index is 0.000000185. The van der Waals surface area contributed by atoms with E-state index in [0.29, 0.717) is 132 Å². The number of esters is 5. The van der Waals surface area contributed by atoms with Crippen molar-refractivity contribution in [3.8, 4) is 0 Å². The maximum atomic E-state index is 14.1. The molecular formula is C102H133N15O20. The number of hydrogen-bond acceptors (Lipinski definition) is 26. The van der Waals surface area contributed by atoms with Gasteiger partial charge in [-0.3, -0.25) is 97.1 Å². The van der Waals surface area contributed by atoms with E-state index in [1.807, 2.05) is 136 Å². The molecule has 35 heteroatoms. The Bertz CT molecular complexity index is 5580. The van der Waals surface area contributed by atoms with Crippen LogP contribution in [0.25, 0.3) is 50.9 Å². The molecule has 35 nitrogen and oxygen atoms in total. The molecule has 10 N–H and O–H groups in total. The van der Waals surface area contributed by atoms with E-state index in [0.717, 1.165) is 43.9 Å². The molecule has 3 aromatic carbocycles. The molecule has 9 amide bonds. The van der Waals surface area contributed by atoms with E-state index in [4.69, 9.17) is 38.6 Å². The molecule has 14 rings (SSSR count). The molecule has 2 aliphatic carbocycles. The quantitative estimate of drug-likeness (QED) is 0.0500. The van der Waals surface area contributed by atoms with E-state index >= 15 is 0 Å². The predicted octanol–water partition coefficient (Wildman–Crippen LogP) is 9.78. The Hall–Kier alpha value is -12.5. The molecule has 2 saturated carbocycles. The molecule has 9 heterocycles. The van der Waals surface area contributed by atoms with E-state index in [9.17, 15) is 72.2 Å². The number of pyridine rings is 3. The average molecular weight is 1890 g/mol. The van der Waals surface area contributed by atoms with Crippen molar-refractivity contribution in [1.82, 2.24) is 78.2 Å². The van der Waals surface area contributed by atoms with Crippen LogP contribution in [-0.4, -0.2) is 211 Å². The Morgan fingerprint density at radius 2 is 0.708 bits per heavy atom. The first-order chi connectivity index (χ1) is 65.2. The minimum Gasteiger partial charge on any atom is -0.463 e. The van der Waals surface area contributed by atoms with E-state index < -0.39 is 155 Å². The molecule has 137 heavy (non-hydrogen) atoms. The maximum absolute atomic E-state index is 14.1. The fourth-order valence-electron chi connectivity index (χ4n) is 18.2. The number of aliphatic hydroxyl groups is 1. The van der Waals surface area contributed by atoms with Crippen LogP contribution in [0.1, 0.15) is 258 Å². The number of hydrogen-bond donors (Lipinski definition) is 10. The highest BCUT2D eigenvalue weighted by molar-refractivity contribution is 5.96. The summed E-state index contributed by atoms with van der Waals surface area (Å²) in [6.45, 7) is 26.3. The Labute approximate surface area is 798 Å². The second-order valence-electron chi connectivity index (χ2n) is 38.4. The van der Waals surface area contributed by atoms with Gasteiger partial charge >= 0.3 is 29.8 Å². The fraction of sp³-hybridized carbons (Fsp3) is 0.539. The van der Waals surface area contributed by atoms with Gasteiger partial charge in [-0.2, -0.15) is 0 Å². The second-order valence-corrected chi connectivity index (χ2v) is 38.4. The minimum absolute atomic E-state index is 0.231. The van der Waals surface area contributed by atoms with Crippen LogP contribution in [0.4, 0.5) is 0 Å². The summed E-state index contributed by atoms with van der Waals surface area (Å²) in [5.74, 6) is -7.41. The molecule has 6 aromatic rings. The number of nitrogens with one attached hydrogen (secondary N) is 9. The summed E-state index contributed by atoms with van der Waals surface area (Å²) < 4.78 is 28.8. The lowest BCUT2D eigenvalue weighted by Gasteiger charge is -2.37. The number of cyclic esters (lactones) is 3. The number of rotatable bonds is 8. The number of aromatic nitrogens is 3. The van der Waals surface area contributed by atoms with Crippen LogP contribution in [0.2, 0.25) is 0 Å². The van der Waals surface area contributed by atoms with Gasteiger partial charge in [-0.1, -0.05) is 146 Å². The molecule has 0 radical (unpaired) electrons. The summed E-state index contributed by atoms with van der Waals surface area (Å²) in [5, 5.41) is 34.4. The number of aliphatic hydroxyl groups excluding tert-OH is 1. The third-order valence-corrected chi connectivity index (χ3v) is 26.9. The van der Waals surface area contributed by atoms with E-state index in [2.05, 4.69) is 48.2 Å². The van der Waals surface area contributed by atoms with Gasteiger partial charge in [0, 0.05) is 49.1 Å². The smallest absolute Gasteiger partial charge is 0.319 e. The molecule has 3 saturated heterocycles. The first-order valence-electron chi connectivity index (χ1n) is 48.2. The van der Waals surface area contributed by atoms with Gasteiger partial charge in [-0.05, 0) is 209 Å². The van der Waals surface area contributed by atoms with Crippen molar-refractivity contribution in [2.24, 2.45) is 34.0 Å². The van der Waals surface area contributed by atoms with Gasteiger partial charge in [-0.15, -0.1) is 0 Å². The molecule has 3 aromatic heterocycles. The number of ether oxygens (including phenoxy) is 5. The molecule has 5 fully saturated rings. The molecule has 2 spiro atoms. The van der Waals surface area contributed by atoms with Gasteiger partial charge in [0.25, 0.3) is 35.4 Å². The summed E-state index contributed by atoms with van der Waals surface area (Å²) >= 11 is 0. The standard InChI is InChI=1S/C36H47N5O7.C35H45N5O7.C31H41N5O6/c1-6-30(42)47-26-14-17-36(18-15-26)16-13-24-9-10-25-11-12-27(39-29(25)20-24)22(4)37-32(43)28-8-7-19-41(40-28)34(45)23(5)38-33(44)31(21(2)3)48-35(36)46;1-20(2)30-32(43)37-22(4)33(44)40-18-6-7-28(39-40)31(42)36-21(3)27-11-10-25-9-8-24(19-29(25)38-27)12-15-35(34(45)47-30)16-13-26(14-17-35)46-23(5)41;1-6-31(17-37)14-13-21-9-10-22-11-12-23(34-25(22)16-21)19(4)32-27(38)24-8-7-15-36(35-24)29(40)20(5)33-28(39)26(18(2)3)42-30(31)41/h9-13,16,20-23,26,28,31,40H,6-8,14-15,17-19H2,1-5H3,(H,37,43)(H,38,44);8-12,15,19-22,26,28,30,39H,6-7,13-14,16-18H2,1-5H3,(H,36,42)(H,37,43);9-14,16,18-20,24,26,35,37H,6-8,15,17H2,1-5H3,(H,32,38)(H,33,39)/b16-13+;15-12+;14-13+/t22-,23+,26?,28+,31+,36?;21-,22+,26?,28+,30+,35?;19-,20+,24+,26+,31+/m111/s1. The van der Waals surface area contributed by atoms with Crippen molar-refractivity contribution < 1.29 is 95.9 Å². The summed E-state index contributed by atoms with van der Waals surface area (Å²) in [6, 6.07) is 22.8. The number of nitrogens with zero attached hydrogens (tertiary/aromatic N) is 6. The highest BCUT2D eigenvalue weighted by atomic mass is 16.6. The fourth-order valence-corrected chi connectivity index (χ4v) is 18.2. The Morgan fingerprint density at radius 3 is 1.01 bits per heavy atom. The summed E-state index contributed by atoms with van der Waals surface area (Å²) in [5.41, 5.74) is 12.1.